The lowest BCUT2D eigenvalue weighted by atomic mass is 10.0. The number of carboxylic acid groups (broad SMARTS) is 1. The van der Waals surface area contributed by atoms with E-state index in [1.54, 1.807) is 0 Å². The van der Waals surface area contributed by atoms with Crippen molar-refractivity contribution in [2.75, 3.05) is 6.61 Å². The zero-order valence-corrected chi connectivity index (χ0v) is 13.6. The van der Waals surface area contributed by atoms with E-state index in [4.69, 9.17) is 4.74 Å². The van der Waals surface area contributed by atoms with Gasteiger partial charge in [-0.05, 0) is 23.6 Å². The molecule has 2 rings (SSSR count). The Morgan fingerprint density at radius 3 is 2.42 bits per heavy atom. The van der Waals surface area contributed by atoms with Crippen LogP contribution in [-0.2, 0) is 27.4 Å². The average Bonchev–Trinajstić information content (AvgIpc) is 2.57. The Labute approximate surface area is 141 Å². The van der Waals surface area contributed by atoms with E-state index in [1.807, 2.05) is 61.5 Å². The topological polar surface area (TPSA) is 75.6 Å². The minimum atomic E-state index is -1.06. The van der Waals surface area contributed by atoms with Gasteiger partial charge < -0.3 is 15.2 Å². The summed E-state index contributed by atoms with van der Waals surface area (Å²) in [6.45, 7) is 2.05. The molecule has 0 saturated heterocycles. The molecule has 2 N–H and O–H groups in total. The van der Waals surface area contributed by atoms with Gasteiger partial charge in [-0.2, -0.15) is 0 Å². The number of rotatable bonds is 8. The molecule has 2 aromatic carbocycles. The van der Waals surface area contributed by atoms with Crippen LogP contribution in [0.1, 0.15) is 16.7 Å². The lowest BCUT2D eigenvalue weighted by Gasteiger charge is -2.16. The van der Waals surface area contributed by atoms with Gasteiger partial charge >= 0.3 is 5.97 Å². The van der Waals surface area contributed by atoms with Crippen LogP contribution in [0.5, 0.6) is 0 Å². The van der Waals surface area contributed by atoms with E-state index in [1.165, 1.54) is 0 Å². The van der Waals surface area contributed by atoms with Crippen LogP contribution in [0.3, 0.4) is 0 Å². The summed E-state index contributed by atoms with van der Waals surface area (Å²) in [6, 6.07) is 16.0. The molecular formula is C19H21NO4. The van der Waals surface area contributed by atoms with Crippen molar-refractivity contribution in [2.24, 2.45) is 0 Å². The van der Waals surface area contributed by atoms with Crippen LogP contribution in [0, 0.1) is 6.92 Å². The second-order valence-corrected chi connectivity index (χ2v) is 5.57. The van der Waals surface area contributed by atoms with Crippen molar-refractivity contribution in [3.63, 3.8) is 0 Å². The van der Waals surface area contributed by atoms with E-state index in [0.29, 0.717) is 6.61 Å². The Morgan fingerprint density at radius 2 is 1.75 bits per heavy atom. The van der Waals surface area contributed by atoms with Gasteiger partial charge in [-0.15, -0.1) is 0 Å². The molecule has 5 nitrogen and oxygen atoms in total. The summed E-state index contributed by atoms with van der Waals surface area (Å²) in [4.78, 5) is 23.3. The van der Waals surface area contributed by atoms with Crippen molar-refractivity contribution in [3.05, 3.63) is 71.3 Å². The first-order valence-electron chi connectivity index (χ1n) is 7.74. The fourth-order valence-corrected chi connectivity index (χ4v) is 2.33. The second kappa shape index (κ2) is 8.84. The molecule has 0 radical (unpaired) electrons. The predicted octanol–water partition coefficient (Wildman–Crippen LogP) is 2.32. The average molecular weight is 327 g/mol. The number of hydrogen-bond donors (Lipinski definition) is 2. The van der Waals surface area contributed by atoms with Crippen molar-refractivity contribution in [3.8, 4) is 0 Å². The Hall–Kier alpha value is -2.66. The molecule has 24 heavy (non-hydrogen) atoms. The minimum absolute atomic E-state index is 0.174. The largest absolute Gasteiger partial charge is 0.480 e. The number of ether oxygens (including phenoxy) is 1. The summed E-state index contributed by atoms with van der Waals surface area (Å²) < 4.78 is 5.33. The molecule has 1 atom stereocenters. The maximum absolute atomic E-state index is 11.9. The number of nitrogens with one attached hydrogen (secondary N) is 1. The van der Waals surface area contributed by atoms with Gasteiger partial charge in [0, 0.05) is 6.42 Å². The molecule has 0 aliphatic heterocycles. The maximum atomic E-state index is 11.9. The zero-order chi connectivity index (χ0) is 17.4. The highest BCUT2D eigenvalue weighted by atomic mass is 16.5. The van der Waals surface area contributed by atoms with Crippen LogP contribution in [0.2, 0.25) is 0 Å². The number of hydrogen-bond acceptors (Lipinski definition) is 3. The molecule has 2 aromatic rings. The fourth-order valence-electron chi connectivity index (χ4n) is 2.33. The van der Waals surface area contributed by atoms with Crippen LogP contribution in [0.4, 0.5) is 0 Å². The number of carboxylic acids is 1. The number of carbonyl (C=O) groups is 2. The monoisotopic (exact) mass is 327 g/mol. The summed E-state index contributed by atoms with van der Waals surface area (Å²) in [5.74, 6) is -1.50. The van der Waals surface area contributed by atoms with Crippen molar-refractivity contribution >= 4 is 11.9 Å². The summed E-state index contributed by atoms with van der Waals surface area (Å²) in [5, 5.41) is 11.8. The summed E-state index contributed by atoms with van der Waals surface area (Å²) in [6.07, 6.45) is 0.242. The van der Waals surface area contributed by atoms with Gasteiger partial charge in [-0.3, -0.25) is 4.79 Å². The first-order valence-corrected chi connectivity index (χ1v) is 7.74. The lowest BCUT2D eigenvalue weighted by molar-refractivity contribution is -0.142. The van der Waals surface area contributed by atoms with Gasteiger partial charge in [-0.25, -0.2) is 4.79 Å². The summed E-state index contributed by atoms with van der Waals surface area (Å²) >= 11 is 0. The highest BCUT2D eigenvalue weighted by Crippen LogP contribution is 2.10. The number of carbonyl (C=O) groups excluding carboxylic acids is 1. The second-order valence-electron chi connectivity index (χ2n) is 5.57. The van der Waals surface area contributed by atoms with E-state index < -0.39 is 17.9 Å². The SMILES string of the molecule is Cc1ccccc1C[C@H](NC(=O)COCc1ccccc1)C(=O)O. The standard InChI is InChI=1S/C19H21NO4/c1-14-7-5-6-10-16(14)11-17(19(22)23)20-18(21)13-24-12-15-8-3-2-4-9-15/h2-10,17H,11-13H2,1H3,(H,20,21)(H,22,23)/t17-/m0/s1. The van der Waals surface area contributed by atoms with Crippen LogP contribution in [-0.4, -0.2) is 29.6 Å². The van der Waals surface area contributed by atoms with Gasteiger partial charge in [-0.1, -0.05) is 54.6 Å². The van der Waals surface area contributed by atoms with Crippen molar-refractivity contribution in [1.29, 1.82) is 0 Å². The highest BCUT2D eigenvalue weighted by molar-refractivity contribution is 5.84. The van der Waals surface area contributed by atoms with E-state index in [-0.39, 0.29) is 13.0 Å². The van der Waals surface area contributed by atoms with Crippen molar-refractivity contribution in [2.45, 2.75) is 26.0 Å². The third-order valence-electron chi connectivity index (χ3n) is 3.66. The highest BCUT2D eigenvalue weighted by Gasteiger charge is 2.21. The van der Waals surface area contributed by atoms with Crippen LogP contribution < -0.4 is 5.32 Å². The molecule has 0 aliphatic rings. The molecular weight excluding hydrogens is 306 g/mol. The Morgan fingerprint density at radius 1 is 1.08 bits per heavy atom. The molecule has 0 aliphatic carbocycles. The smallest absolute Gasteiger partial charge is 0.326 e. The van der Waals surface area contributed by atoms with Crippen LogP contribution >= 0.6 is 0 Å². The van der Waals surface area contributed by atoms with E-state index >= 15 is 0 Å². The summed E-state index contributed by atoms with van der Waals surface area (Å²) in [5.41, 5.74) is 2.86. The fraction of sp³-hybridized carbons (Fsp3) is 0.263. The molecule has 0 heterocycles. The normalized spacial score (nSPS) is 11.7. The van der Waals surface area contributed by atoms with Crippen molar-refractivity contribution < 1.29 is 19.4 Å². The third-order valence-corrected chi connectivity index (χ3v) is 3.66. The van der Waals surface area contributed by atoms with Gasteiger partial charge in [0.25, 0.3) is 0 Å². The lowest BCUT2D eigenvalue weighted by Crippen LogP contribution is -2.44. The molecule has 0 fully saturated rings. The molecule has 126 valence electrons. The third kappa shape index (κ3) is 5.52. The molecule has 0 saturated carbocycles. The first kappa shape index (κ1) is 17.7. The van der Waals surface area contributed by atoms with Gasteiger partial charge in [0.05, 0.1) is 6.61 Å². The Bertz CT molecular complexity index is 685. The number of aliphatic carboxylic acids is 1. The quantitative estimate of drug-likeness (QED) is 0.780. The number of amides is 1. The van der Waals surface area contributed by atoms with E-state index in [0.717, 1.165) is 16.7 Å². The molecule has 0 bridgehead atoms. The molecule has 1 amide bonds. The zero-order valence-electron chi connectivity index (χ0n) is 13.6. The molecule has 0 aromatic heterocycles. The molecule has 0 unspecified atom stereocenters. The number of aryl methyl sites for hydroxylation is 1. The van der Waals surface area contributed by atoms with Crippen LogP contribution in [0.15, 0.2) is 54.6 Å². The minimum Gasteiger partial charge on any atom is -0.480 e. The van der Waals surface area contributed by atoms with E-state index in [9.17, 15) is 14.7 Å². The summed E-state index contributed by atoms with van der Waals surface area (Å²) in [7, 11) is 0. The van der Waals surface area contributed by atoms with Crippen molar-refractivity contribution in [1.82, 2.24) is 5.32 Å². The predicted molar refractivity (Wildman–Crippen MR) is 90.5 cm³/mol. The van der Waals surface area contributed by atoms with Crippen LogP contribution in [0.25, 0.3) is 0 Å². The van der Waals surface area contributed by atoms with Gasteiger partial charge in [0.15, 0.2) is 0 Å². The molecule has 0 spiro atoms. The maximum Gasteiger partial charge on any atom is 0.326 e. The van der Waals surface area contributed by atoms with E-state index in [2.05, 4.69) is 5.32 Å². The number of benzene rings is 2. The first-order chi connectivity index (χ1) is 11.6. The van der Waals surface area contributed by atoms with Gasteiger partial charge in [0.2, 0.25) is 5.91 Å². The Balaban J connectivity index is 1.85. The Kier molecular flexibility index (Phi) is 6.51. The van der Waals surface area contributed by atoms with Gasteiger partial charge in [0.1, 0.15) is 12.6 Å². The molecule has 5 heteroatoms.